The van der Waals surface area contributed by atoms with E-state index in [0.29, 0.717) is 6.54 Å². The van der Waals surface area contributed by atoms with Gasteiger partial charge in [0.15, 0.2) is 9.84 Å². The Morgan fingerprint density at radius 2 is 1.85 bits per heavy atom. The number of halogens is 1. The number of likely N-dealkylation sites (N-methyl/N-ethyl adjacent to an activating group) is 1. The van der Waals surface area contributed by atoms with Crippen molar-refractivity contribution in [2.45, 2.75) is 11.4 Å². The summed E-state index contributed by atoms with van der Waals surface area (Å²) in [6.07, 6.45) is 1.10. The maximum absolute atomic E-state index is 12.2. The number of hydrogen-bond donors (Lipinski definition) is 1. The van der Waals surface area contributed by atoms with Gasteiger partial charge >= 0.3 is 0 Å². The third kappa shape index (κ3) is 5.72. The number of carbonyl (C=O) groups excluding carboxylic acids is 1. The Bertz CT molecular complexity index is 883. The summed E-state index contributed by atoms with van der Waals surface area (Å²) in [7, 11) is 0.0463. The minimum absolute atomic E-state index is 0.101. The number of carbonyl (C=O) groups is 1. The molecule has 0 aliphatic rings. The standard InChI is InChI=1S/C18H21ClN2O4S/c1-21(11-13-4-6-14(25-2)7-5-13)12-18(22)20-17-10-15(26(3,23)24)8-9-16(17)19/h4-10H,11-12H2,1-3H3,(H,20,22). The van der Waals surface area contributed by atoms with Crippen LogP contribution in [0.1, 0.15) is 5.56 Å². The molecule has 26 heavy (non-hydrogen) atoms. The van der Waals surface area contributed by atoms with Crippen LogP contribution in [0.4, 0.5) is 5.69 Å². The molecule has 1 N–H and O–H groups in total. The molecular formula is C18H21ClN2O4S. The Labute approximate surface area is 158 Å². The number of amides is 1. The number of anilines is 1. The van der Waals surface area contributed by atoms with Gasteiger partial charge in [0.05, 0.1) is 29.3 Å². The van der Waals surface area contributed by atoms with Crippen LogP contribution in [-0.2, 0) is 21.2 Å². The van der Waals surface area contributed by atoms with E-state index in [9.17, 15) is 13.2 Å². The average molecular weight is 397 g/mol. The van der Waals surface area contributed by atoms with E-state index in [2.05, 4.69) is 5.32 Å². The summed E-state index contributed by atoms with van der Waals surface area (Å²) in [6.45, 7) is 0.708. The van der Waals surface area contributed by atoms with Gasteiger partial charge in [-0.3, -0.25) is 9.69 Å². The van der Waals surface area contributed by atoms with E-state index >= 15 is 0 Å². The van der Waals surface area contributed by atoms with Gasteiger partial charge in [0.2, 0.25) is 5.91 Å². The van der Waals surface area contributed by atoms with Crippen LogP contribution >= 0.6 is 11.6 Å². The van der Waals surface area contributed by atoms with Crippen LogP contribution in [0, 0.1) is 0 Å². The first-order valence-corrected chi connectivity index (χ1v) is 10.1. The summed E-state index contributed by atoms with van der Waals surface area (Å²) in [5.41, 5.74) is 1.32. The van der Waals surface area contributed by atoms with Crippen LogP contribution in [0.5, 0.6) is 5.75 Å². The first kappa shape index (κ1) is 20.2. The summed E-state index contributed by atoms with van der Waals surface area (Å²) >= 11 is 6.05. The highest BCUT2D eigenvalue weighted by Gasteiger charge is 2.13. The van der Waals surface area contributed by atoms with E-state index in [1.54, 1.807) is 7.11 Å². The Hall–Kier alpha value is -2.09. The van der Waals surface area contributed by atoms with Crippen molar-refractivity contribution in [1.82, 2.24) is 4.90 Å². The lowest BCUT2D eigenvalue weighted by Crippen LogP contribution is -2.30. The van der Waals surface area contributed by atoms with Gasteiger partial charge in [-0.1, -0.05) is 23.7 Å². The molecule has 140 valence electrons. The van der Waals surface area contributed by atoms with Gasteiger partial charge in [0, 0.05) is 12.8 Å². The summed E-state index contributed by atoms with van der Waals surface area (Å²) in [5, 5.41) is 2.94. The molecule has 2 aromatic carbocycles. The van der Waals surface area contributed by atoms with E-state index < -0.39 is 9.84 Å². The molecule has 0 aliphatic carbocycles. The molecule has 2 rings (SSSR count). The third-order valence-electron chi connectivity index (χ3n) is 3.67. The molecule has 8 heteroatoms. The Morgan fingerprint density at radius 3 is 2.42 bits per heavy atom. The SMILES string of the molecule is COc1ccc(CN(C)CC(=O)Nc2cc(S(C)(=O)=O)ccc2Cl)cc1. The van der Waals surface area contributed by atoms with E-state index in [1.807, 2.05) is 36.2 Å². The number of rotatable bonds is 7. The highest BCUT2D eigenvalue weighted by Crippen LogP contribution is 2.25. The Balaban J connectivity index is 1.99. The molecule has 0 radical (unpaired) electrons. The zero-order chi connectivity index (χ0) is 19.3. The van der Waals surface area contributed by atoms with Gasteiger partial charge in [-0.05, 0) is 42.9 Å². The van der Waals surface area contributed by atoms with E-state index in [-0.39, 0.29) is 28.1 Å². The van der Waals surface area contributed by atoms with Crippen molar-refractivity contribution in [3.05, 3.63) is 53.1 Å². The van der Waals surface area contributed by atoms with Crippen LogP contribution in [-0.4, -0.2) is 46.2 Å². The fourth-order valence-corrected chi connectivity index (χ4v) is 3.18. The molecule has 6 nitrogen and oxygen atoms in total. The molecule has 0 bridgehead atoms. The number of sulfone groups is 1. The number of nitrogens with zero attached hydrogens (tertiary/aromatic N) is 1. The van der Waals surface area contributed by atoms with Gasteiger partial charge < -0.3 is 10.1 Å². The molecule has 0 spiro atoms. The summed E-state index contributed by atoms with van der Waals surface area (Å²) in [4.78, 5) is 14.2. The van der Waals surface area contributed by atoms with Crippen molar-refractivity contribution in [2.75, 3.05) is 32.3 Å². The topological polar surface area (TPSA) is 75.7 Å². The fraction of sp³-hybridized carbons (Fsp3) is 0.278. The highest BCUT2D eigenvalue weighted by molar-refractivity contribution is 7.90. The Morgan fingerprint density at radius 1 is 1.19 bits per heavy atom. The fourth-order valence-electron chi connectivity index (χ4n) is 2.36. The largest absolute Gasteiger partial charge is 0.497 e. The normalized spacial score (nSPS) is 11.4. The van der Waals surface area contributed by atoms with Crippen LogP contribution in [0.15, 0.2) is 47.4 Å². The van der Waals surface area contributed by atoms with Crippen molar-refractivity contribution >= 4 is 33.0 Å². The second kappa shape index (κ2) is 8.53. The van der Waals surface area contributed by atoms with Crippen LogP contribution in [0.2, 0.25) is 5.02 Å². The number of nitrogens with one attached hydrogen (secondary N) is 1. The van der Waals surface area contributed by atoms with Crippen LogP contribution in [0.25, 0.3) is 0 Å². The first-order valence-electron chi connectivity index (χ1n) is 7.80. The summed E-state index contributed by atoms with van der Waals surface area (Å²) < 4.78 is 28.4. The maximum Gasteiger partial charge on any atom is 0.238 e. The zero-order valence-corrected chi connectivity index (χ0v) is 16.4. The minimum atomic E-state index is -3.38. The molecular weight excluding hydrogens is 376 g/mol. The summed E-state index contributed by atoms with van der Waals surface area (Å²) in [5.74, 6) is 0.489. The molecule has 0 saturated heterocycles. The first-order chi connectivity index (χ1) is 12.2. The minimum Gasteiger partial charge on any atom is -0.497 e. The van der Waals surface area contributed by atoms with E-state index in [4.69, 9.17) is 16.3 Å². The van der Waals surface area contributed by atoms with Crippen molar-refractivity contribution in [3.8, 4) is 5.75 Å². The van der Waals surface area contributed by atoms with Gasteiger partial charge in [0.1, 0.15) is 5.75 Å². The van der Waals surface area contributed by atoms with Crippen molar-refractivity contribution in [3.63, 3.8) is 0 Å². The highest BCUT2D eigenvalue weighted by atomic mass is 35.5. The Kier molecular flexibility index (Phi) is 6.63. The second-order valence-electron chi connectivity index (χ2n) is 5.98. The molecule has 0 fully saturated rings. The molecule has 0 atom stereocenters. The molecule has 2 aromatic rings. The van der Waals surface area contributed by atoms with Gasteiger partial charge in [-0.2, -0.15) is 0 Å². The molecule has 0 saturated carbocycles. The van der Waals surface area contributed by atoms with Crippen molar-refractivity contribution in [1.29, 1.82) is 0 Å². The predicted molar refractivity (Wildman–Crippen MR) is 103 cm³/mol. The van der Waals surface area contributed by atoms with E-state index in [0.717, 1.165) is 17.6 Å². The van der Waals surface area contributed by atoms with Gasteiger partial charge in [-0.15, -0.1) is 0 Å². The number of benzene rings is 2. The van der Waals surface area contributed by atoms with Gasteiger partial charge in [-0.25, -0.2) is 8.42 Å². The smallest absolute Gasteiger partial charge is 0.238 e. The lowest BCUT2D eigenvalue weighted by Gasteiger charge is -2.17. The predicted octanol–water partition coefficient (Wildman–Crippen LogP) is 2.82. The average Bonchev–Trinajstić information content (AvgIpc) is 2.56. The van der Waals surface area contributed by atoms with Gasteiger partial charge in [0.25, 0.3) is 0 Å². The quantitative estimate of drug-likeness (QED) is 0.778. The zero-order valence-electron chi connectivity index (χ0n) is 14.8. The lowest BCUT2D eigenvalue weighted by atomic mass is 10.2. The van der Waals surface area contributed by atoms with Crippen molar-refractivity contribution in [2.24, 2.45) is 0 Å². The number of ether oxygens (including phenoxy) is 1. The maximum atomic E-state index is 12.2. The van der Waals surface area contributed by atoms with E-state index in [1.165, 1.54) is 18.2 Å². The number of hydrogen-bond acceptors (Lipinski definition) is 5. The molecule has 0 heterocycles. The van der Waals surface area contributed by atoms with Crippen molar-refractivity contribution < 1.29 is 17.9 Å². The van der Waals surface area contributed by atoms with Crippen LogP contribution < -0.4 is 10.1 Å². The second-order valence-corrected chi connectivity index (χ2v) is 8.41. The molecule has 1 amide bonds. The molecule has 0 aromatic heterocycles. The molecule has 0 aliphatic heterocycles. The monoisotopic (exact) mass is 396 g/mol. The number of methoxy groups -OCH3 is 1. The van der Waals surface area contributed by atoms with Crippen LogP contribution in [0.3, 0.4) is 0 Å². The molecule has 0 unspecified atom stereocenters. The lowest BCUT2D eigenvalue weighted by molar-refractivity contribution is -0.117. The summed E-state index contributed by atoms with van der Waals surface area (Å²) in [6, 6.07) is 11.8. The third-order valence-corrected chi connectivity index (χ3v) is 5.10.